The molecule has 0 bridgehead atoms. The predicted molar refractivity (Wildman–Crippen MR) is 107 cm³/mol. The smallest absolute Gasteiger partial charge is 0.243 e. The molecule has 0 radical (unpaired) electrons. The number of likely N-dealkylation sites (tertiary alicyclic amines) is 1. The summed E-state index contributed by atoms with van der Waals surface area (Å²) in [7, 11) is -3.79. The van der Waals surface area contributed by atoms with E-state index in [1.165, 1.54) is 4.31 Å². The number of carbonyl (C=O) groups excluding carboxylic acids is 2. The van der Waals surface area contributed by atoms with Crippen molar-refractivity contribution in [2.24, 2.45) is 11.7 Å². The highest BCUT2D eigenvalue weighted by atomic mass is 32.2. The van der Waals surface area contributed by atoms with Crippen LogP contribution in [-0.2, 0) is 19.6 Å². The molecule has 1 aliphatic rings. The standard InChI is InChI=1S/C20H25N3O4S/c1-2-23(14-19(24)22-11-9-16(10-12-22)20(21)25)28(26,27)18-8-7-15-5-3-4-6-17(15)13-18/h3-8,13,16H,2,9-12,14H2,1H3,(H2,21,25). The summed E-state index contributed by atoms with van der Waals surface area (Å²) in [6, 6.07) is 12.5. The van der Waals surface area contributed by atoms with Gasteiger partial charge in [0.2, 0.25) is 21.8 Å². The van der Waals surface area contributed by atoms with E-state index in [9.17, 15) is 18.0 Å². The van der Waals surface area contributed by atoms with Crippen molar-refractivity contribution in [3.05, 3.63) is 42.5 Å². The van der Waals surface area contributed by atoms with Crippen LogP contribution in [0.5, 0.6) is 0 Å². The first-order chi connectivity index (χ1) is 13.3. The van der Waals surface area contributed by atoms with Crippen LogP contribution in [0.3, 0.4) is 0 Å². The molecule has 150 valence electrons. The molecule has 0 unspecified atom stereocenters. The van der Waals surface area contributed by atoms with E-state index in [-0.39, 0.29) is 35.7 Å². The van der Waals surface area contributed by atoms with E-state index < -0.39 is 10.0 Å². The van der Waals surface area contributed by atoms with Crippen LogP contribution in [0.1, 0.15) is 19.8 Å². The van der Waals surface area contributed by atoms with Gasteiger partial charge in [-0.3, -0.25) is 9.59 Å². The third-order valence-electron chi connectivity index (χ3n) is 5.27. The zero-order chi connectivity index (χ0) is 20.3. The summed E-state index contributed by atoms with van der Waals surface area (Å²) >= 11 is 0. The number of hydrogen-bond donors (Lipinski definition) is 1. The maximum absolute atomic E-state index is 13.1. The minimum Gasteiger partial charge on any atom is -0.369 e. The minimum atomic E-state index is -3.79. The van der Waals surface area contributed by atoms with Gasteiger partial charge in [-0.25, -0.2) is 8.42 Å². The lowest BCUT2D eigenvalue weighted by Gasteiger charge is -2.32. The Bertz CT molecular complexity index is 982. The Kier molecular flexibility index (Phi) is 6.00. The number of likely N-dealkylation sites (N-methyl/N-ethyl adjacent to an activating group) is 1. The zero-order valence-electron chi connectivity index (χ0n) is 15.9. The Morgan fingerprint density at radius 1 is 1.11 bits per heavy atom. The molecule has 7 nitrogen and oxygen atoms in total. The molecular weight excluding hydrogens is 378 g/mol. The van der Waals surface area contributed by atoms with Crippen molar-refractivity contribution >= 4 is 32.6 Å². The lowest BCUT2D eigenvalue weighted by molar-refractivity contribution is -0.135. The summed E-state index contributed by atoms with van der Waals surface area (Å²) in [6.45, 7) is 2.52. The Balaban J connectivity index is 1.74. The first-order valence-electron chi connectivity index (χ1n) is 9.39. The minimum absolute atomic E-state index is 0.174. The van der Waals surface area contributed by atoms with Crippen molar-refractivity contribution in [1.82, 2.24) is 9.21 Å². The van der Waals surface area contributed by atoms with E-state index in [0.717, 1.165) is 10.8 Å². The van der Waals surface area contributed by atoms with Crippen LogP contribution in [-0.4, -0.2) is 55.6 Å². The zero-order valence-corrected chi connectivity index (χ0v) is 16.7. The van der Waals surface area contributed by atoms with Crippen molar-refractivity contribution in [2.45, 2.75) is 24.7 Å². The normalized spacial score (nSPS) is 15.9. The van der Waals surface area contributed by atoms with Crippen LogP contribution < -0.4 is 5.73 Å². The number of fused-ring (bicyclic) bond motifs is 1. The fourth-order valence-corrected chi connectivity index (χ4v) is 4.94. The van der Waals surface area contributed by atoms with Gasteiger partial charge in [-0.2, -0.15) is 4.31 Å². The van der Waals surface area contributed by atoms with E-state index in [1.54, 1.807) is 30.0 Å². The monoisotopic (exact) mass is 403 g/mol. The molecule has 0 saturated carbocycles. The number of hydrogen-bond acceptors (Lipinski definition) is 4. The predicted octanol–water partition coefficient (Wildman–Crippen LogP) is 1.57. The SMILES string of the molecule is CCN(CC(=O)N1CCC(C(N)=O)CC1)S(=O)(=O)c1ccc2ccccc2c1. The lowest BCUT2D eigenvalue weighted by Crippen LogP contribution is -2.47. The second-order valence-electron chi connectivity index (χ2n) is 7.00. The van der Waals surface area contributed by atoms with Crippen LogP contribution in [0, 0.1) is 5.92 Å². The second kappa shape index (κ2) is 8.28. The molecular formula is C20H25N3O4S. The molecule has 1 saturated heterocycles. The molecule has 1 fully saturated rings. The summed E-state index contributed by atoms with van der Waals surface area (Å²) in [5.41, 5.74) is 5.32. The van der Waals surface area contributed by atoms with E-state index >= 15 is 0 Å². The number of nitrogens with two attached hydrogens (primary N) is 1. The lowest BCUT2D eigenvalue weighted by atomic mass is 9.96. The number of primary amides is 1. The fraction of sp³-hybridized carbons (Fsp3) is 0.400. The van der Waals surface area contributed by atoms with Crippen molar-refractivity contribution < 1.29 is 18.0 Å². The number of piperidine rings is 1. The van der Waals surface area contributed by atoms with Gasteiger partial charge in [-0.15, -0.1) is 0 Å². The molecule has 8 heteroatoms. The quantitative estimate of drug-likeness (QED) is 0.791. The average Bonchev–Trinajstić information content (AvgIpc) is 2.71. The maximum atomic E-state index is 13.1. The van der Waals surface area contributed by atoms with Gasteiger partial charge in [-0.05, 0) is 35.7 Å². The highest BCUT2D eigenvalue weighted by molar-refractivity contribution is 7.89. The molecule has 28 heavy (non-hydrogen) atoms. The van der Waals surface area contributed by atoms with Gasteiger partial charge < -0.3 is 10.6 Å². The molecule has 2 N–H and O–H groups in total. The van der Waals surface area contributed by atoms with Crippen molar-refractivity contribution in [1.29, 1.82) is 0 Å². The molecule has 2 aromatic rings. The summed E-state index contributed by atoms with van der Waals surface area (Å²) in [6.07, 6.45) is 1.04. The number of amides is 2. The van der Waals surface area contributed by atoms with E-state index in [2.05, 4.69) is 0 Å². The molecule has 3 rings (SSSR count). The van der Waals surface area contributed by atoms with Crippen LogP contribution in [0.15, 0.2) is 47.4 Å². The molecule has 0 aromatic heterocycles. The Morgan fingerprint density at radius 3 is 2.36 bits per heavy atom. The van der Waals surface area contributed by atoms with Gasteiger partial charge in [0.05, 0.1) is 11.4 Å². The van der Waals surface area contributed by atoms with E-state index in [4.69, 9.17) is 5.73 Å². The maximum Gasteiger partial charge on any atom is 0.243 e. The third-order valence-corrected chi connectivity index (χ3v) is 7.19. The van der Waals surface area contributed by atoms with E-state index in [0.29, 0.717) is 25.9 Å². The summed E-state index contributed by atoms with van der Waals surface area (Å²) in [4.78, 5) is 25.7. The molecule has 2 amide bonds. The fourth-order valence-electron chi connectivity index (χ4n) is 3.51. The van der Waals surface area contributed by atoms with Gasteiger partial charge >= 0.3 is 0 Å². The Morgan fingerprint density at radius 2 is 1.75 bits per heavy atom. The molecule has 0 aliphatic carbocycles. The highest BCUT2D eigenvalue weighted by Gasteiger charge is 2.30. The molecule has 2 aromatic carbocycles. The van der Waals surface area contributed by atoms with Gasteiger partial charge in [0.15, 0.2) is 0 Å². The van der Waals surface area contributed by atoms with Gasteiger partial charge in [0.1, 0.15) is 0 Å². The topological polar surface area (TPSA) is 101 Å². The summed E-state index contributed by atoms with van der Waals surface area (Å²) in [5.74, 6) is -0.817. The van der Waals surface area contributed by atoms with Gasteiger partial charge in [0, 0.05) is 25.6 Å². The Hall–Kier alpha value is -2.45. The van der Waals surface area contributed by atoms with Crippen molar-refractivity contribution in [3.8, 4) is 0 Å². The number of sulfonamides is 1. The van der Waals surface area contributed by atoms with Crippen LogP contribution in [0.4, 0.5) is 0 Å². The average molecular weight is 404 g/mol. The first-order valence-corrected chi connectivity index (χ1v) is 10.8. The highest BCUT2D eigenvalue weighted by Crippen LogP contribution is 2.22. The van der Waals surface area contributed by atoms with E-state index in [1.807, 2.05) is 24.3 Å². The van der Waals surface area contributed by atoms with Crippen molar-refractivity contribution in [2.75, 3.05) is 26.2 Å². The van der Waals surface area contributed by atoms with Gasteiger partial charge in [0.25, 0.3) is 0 Å². The number of benzene rings is 2. The second-order valence-corrected chi connectivity index (χ2v) is 8.94. The largest absolute Gasteiger partial charge is 0.369 e. The van der Waals surface area contributed by atoms with Crippen molar-refractivity contribution in [3.63, 3.8) is 0 Å². The van der Waals surface area contributed by atoms with Crippen LogP contribution in [0.25, 0.3) is 10.8 Å². The Labute approximate surface area is 165 Å². The molecule has 1 aliphatic heterocycles. The number of carbonyl (C=O) groups is 2. The first kappa shape index (κ1) is 20.3. The summed E-state index contributed by atoms with van der Waals surface area (Å²) < 4.78 is 27.3. The van der Waals surface area contributed by atoms with Gasteiger partial charge in [-0.1, -0.05) is 37.3 Å². The van der Waals surface area contributed by atoms with Crippen LogP contribution in [0.2, 0.25) is 0 Å². The molecule has 1 heterocycles. The molecule has 0 spiro atoms. The number of rotatable bonds is 6. The third kappa shape index (κ3) is 4.18. The number of nitrogens with zero attached hydrogens (tertiary/aromatic N) is 2. The molecule has 0 atom stereocenters. The van der Waals surface area contributed by atoms with Crippen LogP contribution >= 0.6 is 0 Å². The summed E-state index contributed by atoms with van der Waals surface area (Å²) in [5, 5.41) is 1.79.